The second-order valence-electron chi connectivity index (χ2n) is 4.98. The van der Waals surface area contributed by atoms with Gasteiger partial charge in [0.2, 0.25) is 10.0 Å². The Bertz CT molecular complexity index is 960. The highest BCUT2D eigenvalue weighted by molar-refractivity contribution is 7.98. The van der Waals surface area contributed by atoms with Crippen LogP contribution in [0.1, 0.15) is 10.7 Å². The normalized spacial score (nSPS) is 12.1. The lowest BCUT2D eigenvalue weighted by Crippen LogP contribution is -2.24. The topological polar surface area (TPSA) is 76.9 Å². The molecule has 1 N–H and O–H groups in total. The lowest BCUT2D eigenvalue weighted by molar-refractivity contribution is 0.578. The van der Waals surface area contributed by atoms with Crippen LogP contribution >= 0.6 is 23.1 Å². The maximum Gasteiger partial charge on any atom is 0.240 e. The number of imidazole rings is 1. The van der Waals surface area contributed by atoms with E-state index in [-0.39, 0.29) is 11.4 Å². The number of aromatic nitrogens is 3. The van der Waals surface area contributed by atoms with Crippen molar-refractivity contribution in [3.8, 4) is 0 Å². The molecule has 122 valence electrons. The Morgan fingerprint density at radius 2 is 2.17 bits per heavy atom. The van der Waals surface area contributed by atoms with Gasteiger partial charge < -0.3 is 4.57 Å². The number of benzene rings is 1. The number of nitrogens with zero attached hydrogens (tertiary/aromatic N) is 3. The van der Waals surface area contributed by atoms with Crippen molar-refractivity contribution < 1.29 is 8.42 Å². The summed E-state index contributed by atoms with van der Waals surface area (Å²) in [6.45, 7) is 2.11. The van der Waals surface area contributed by atoms with Gasteiger partial charge in [-0.05, 0) is 31.4 Å². The quantitative estimate of drug-likeness (QED) is 0.700. The maximum atomic E-state index is 12.5. The fraction of sp³-hybridized carbons (Fsp3) is 0.286. The lowest BCUT2D eigenvalue weighted by Gasteiger charge is -2.08. The van der Waals surface area contributed by atoms with E-state index in [1.54, 1.807) is 24.4 Å². The molecule has 0 bridgehead atoms. The van der Waals surface area contributed by atoms with Gasteiger partial charge >= 0.3 is 0 Å². The molecule has 0 aliphatic heterocycles. The third kappa shape index (κ3) is 3.27. The van der Waals surface area contributed by atoms with Gasteiger partial charge in [0, 0.05) is 7.05 Å². The Morgan fingerprint density at radius 3 is 2.87 bits per heavy atom. The molecule has 23 heavy (non-hydrogen) atoms. The van der Waals surface area contributed by atoms with Gasteiger partial charge in [-0.1, -0.05) is 11.8 Å². The van der Waals surface area contributed by atoms with Crippen LogP contribution in [0, 0.1) is 6.92 Å². The molecule has 6 nitrogen and oxygen atoms in total. The minimum absolute atomic E-state index is 0.201. The number of sulfonamides is 1. The van der Waals surface area contributed by atoms with Crippen molar-refractivity contribution >= 4 is 43.3 Å². The fourth-order valence-electron chi connectivity index (χ4n) is 2.22. The van der Waals surface area contributed by atoms with Crippen molar-refractivity contribution in [2.75, 3.05) is 6.26 Å². The summed E-state index contributed by atoms with van der Waals surface area (Å²) in [5.74, 6) is 0. The smallest absolute Gasteiger partial charge is 0.240 e. The van der Waals surface area contributed by atoms with Gasteiger partial charge in [-0.3, -0.25) is 0 Å². The van der Waals surface area contributed by atoms with Crippen LogP contribution in [0.25, 0.3) is 10.2 Å². The minimum Gasteiger partial charge on any atom is -0.325 e. The third-order valence-corrected chi connectivity index (χ3v) is 6.52. The van der Waals surface area contributed by atoms with Gasteiger partial charge in [0.25, 0.3) is 0 Å². The summed E-state index contributed by atoms with van der Waals surface area (Å²) >= 11 is 3.00. The van der Waals surface area contributed by atoms with E-state index in [0.29, 0.717) is 0 Å². The molecule has 1 aromatic carbocycles. The van der Waals surface area contributed by atoms with Crippen LogP contribution in [-0.4, -0.2) is 29.2 Å². The van der Waals surface area contributed by atoms with Crippen LogP contribution in [0.15, 0.2) is 34.4 Å². The number of aryl methyl sites for hydroxylation is 1. The lowest BCUT2D eigenvalue weighted by atomic mass is 10.3. The molecule has 0 aliphatic rings. The number of hydrogen-bond donors (Lipinski definition) is 1. The van der Waals surface area contributed by atoms with Gasteiger partial charge in [0.15, 0.2) is 5.16 Å². The first kappa shape index (κ1) is 16.4. The van der Waals surface area contributed by atoms with Crippen molar-refractivity contribution in [3.63, 3.8) is 0 Å². The molecule has 0 unspecified atom stereocenters. The summed E-state index contributed by atoms with van der Waals surface area (Å²) in [7, 11) is -1.70. The third-order valence-electron chi connectivity index (χ3n) is 3.44. The predicted octanol–water partition coefficient (Wildman–Crippen LogP) is 2.54. The summed E-state index contributed by atoms with van der Waals surface area (Å²) < 4.78 is 30.3. The molecule has 0 saturated carbocycles. The minimum atomic E-state index is -3.57. The van der Waals surface area contributed by atoms with E-state index in [2.05, 4.69) is 14.7 Å². The first-order valence-corrected chi connectivity index (χ1v) is 10.3. The molecular formula is C14H16N4O2S3. The van der Waals surface area contributed by atoms with Crippen LogP contribution in [0.4, 0.5) is 0 Å². The standard InChI is InChI=1S/C14H16N4O2S3/c1-9-17-12-5-4-11(6-13(12)22-9)23(19,20)16-8-10-7-15-14(21-3)18(10)2/h4-7,16H,8H2,1-3H3. The molecular weight excluding hydrogens is 352 g/mol. The summed E-state index contributed by atoms with van der Waals surface area (Å²) in [4.78, 5) is 8.83. The van der Waals surface area contributed by atoms with E-state index in [1.807, 2.05) is 24.8 Å². The molecule has 0 aliphatic carbocycles. The average Bonchev–Trinajstić information content (AvgIpc) is 3.05. The van der Waals surface area contributed by atoms with Crippen LogP contribution in [0.3, 0.4) is 0 Å². The number of fused-ring (bicyclic) bond motifs is 1. The summed E-state index contributed by atoms with van der Waals surface area (Å²) in [5.41, 5.74) is 1.63. The monoisotopic (exact) mass is 368 g/mol. The molecule has 0 spiro atoms. The molecule has 2 aromatic heterocycles. The summed E-state index contributed by atoms with van der Waals surface area (Å²) in [6.07, 6.45) is 3.62. The van der Waals surface area contributed by atoms with Crippen molar-refractivity contribution in [2.45, 2.75) is 23.5 Å². The fourth-order valence-corrected chi connectivity index (χ4v) is 4.73. The van der Waals surface area contributed by atoms with Gasteiger partial charge in [-0.2, -0.15) is 0 Å². The Kier molecular flexibility index (Phi) is 4.45. The van der Waals surface area contributed by atoms with E-state index >= 15 is 0 Å². The Morgan fingerprint density at radius 1 is 1.39 bits per heavy atom. The highest BCUT2D eigenvalue weighted by Crippen LogP contribution is 2.24. The van der Waals surface area contributed by atoms with E-state index in [4.69, 9.17) is 0 Å². The molecule has 3 rings (SSSR count). The van der Waals surface area contributed by atoms with Crippen molar-refractivity contribution in [3.05, 3.63) is 35.1 Å². The molecule has 9 heteroatoms. The maximum absolute atomic E-state index is 12.5. The molecule has 0 amide bonds. The zero-order valence-corrected chi connectivity index (χ0v) is 15.3. The van der Waals surface area contributed by atoms with Crippen LogP contribution < -0.4 is 4.72 Å². The number of hydrogen-bond acceptors (Lipinski definition) is 6. The van der Waals surface area contributed by atoms with Crippen molar-refractivity contribution in [2.24, 2.45) is 7.05 Å². The molecule has 0 atom stereocenters. The van der Waals surface area contributed by atoms with Gasteiger partial charge in [0.1, 0.15) is 0 Å². The Balaban J connectivity index is 1.83. The van der Waals surface area contributed by atoms with Crippen molar-refractivity contribution in [1.29, 1.82) is 0 Å². The van der Waals surface area contributed by atoms with Gasteiger partial charge in [0.05, 0.1) is 38.6 Å². The number of nitrogens with one attached hydrogen (secondary N) is 1. The number of thiazole rings is 1. The Labute approximate surface area is 143 Å². The molecule has 0 fully saturated rings. The average molecular weight is 369 g/mol. The van der Waals surface area contributed by atoms with E-state index in [1.165, 1.54) is 23.1 Å². The number of thioether (sulfide) groups is 1. The van der Waals surface area contributed by atoms with E-state index in [9.17, 15) is 8.42 Å². The zero-order chi connectivity index (χ0) is 16.6. The highest BCUT2D eigenvalue weighted by atomic mass is 32.2. The van der Waals surface area contributed by atoms with Crippen LogP contribution in [-0.2, 0) is 23.6 Å². The first-order chi connectivity index (χ1) is 10.9. The SMILES string of the molecule is CSc1ncc(CNS(=O)(=O)c2ccc3nc(C)sc3c2)n1C. The van der Waals surface area contributed by atoms with Crippen molar-refractivity contribution in [1.82, 2.24) is 19.3 Å². The zero-order valence-electron chi connectivity index (χ0n) is 12.9. The van der Waals surface area contributed by atoms with Gasteiger partial charge in [-0.25, -0.2) is 23.1 Å². The second kappa shape index (κ2) is 6.23. The van der Waals surface area contributed by atoms with Crippen LogP contribution in [0.2, 0.25) is 0 Å². The van der Waals surface area contributed by atoms with E-state index in [0.717, 1.165) is 26.1 Å². The molecule has 2 heterocycles. The first-order valence-electron chi connectivity index (χ1n) is 6.82. The second-order valence-corrected chi connectivity index (χ2v) is 8.76. The predicted molar refractivity (Wildman–Crippen MR) is 93.4 cm³/mol. The molecule has 0 radical (unpaired) electrons. The molecule has 3 aromatic rings. The summed E-state index contributed by atoms with van der Waals surface area (Å²) in [6, 6.07) is 4.99. The van der Waals surface area contributed by atoms with Gasteiger partial charge in [-0.15, -0.1) is 11.3 Å². The largest absolute Gasteiger partial charge is 0.325 e. The number of rotatable bonds is 5. The Hall–Kier alpha value is -1.42. The van der Waals surface area contributed by atoms with Crippen LogP contribution in [0.5, 0.6) is 0 Å². The molecule has 0 saturated heterocycles. The highest BCUT2D eigenvalue weighted by Gasteiger charge is 2.16. The van der Waals surface area contributed by atoms with E-state index < -0.39 is 10.0 Å². The summed E-state index contributed by atoms with van der Waals surface area (Å²) in [5, 5.41) is 1.77.